The molecule has 0 aliphatic heterocycles. The molecule has 19 heavy (non-hydrogen) atoms. The number of amides is 2. The minimum atomic E-state index is -0.157. The van der Waals surface area contributed by atoms with E-state index in [0.29, 0.717) is 17.4 Å². The molecule has 1 saturated carbocycles. The number of hydrogen-bond donors (Lipinski definition) is 3. The van der Waals surface area contributed by atoms with E-state index in [2.05, 4.69) is 26.6 Å². The normalized spacial score (nSPS) is 16.1. The molecule has 2 rings (SSSR count). The number of nitrogen functional groups attached to an aromatic ring is 1. The van der Waals surface area contributed by atoms with Gasteiger partial charge in [0.1, 0.15) is 0 Å². The predicted molar refractivity (Wildman–Crippen MR) is 82.3 cm³/mol. The first kappa shape index (κ1) is 14.2. The Hall–Kier alpha value is -1.23. The van der Waals surface area contributed by atoms with Crippen LogP contribution in [0.1, 0.15) is 37.7 Å². The highest BCUT2D eigenvalue weighted by molar-refractivity contribution is 9.10. The topological polar surface area (TPSA) is 67.2 Å². The van der Waals surface area contributed by atoms with Gasteiger partial charge in [0, 0.05) is 16.2 Å². The summed E-state index contributed by atoms with van der Waals surface area (Å²) in [4.78, 5) is 11.9. The fourth-order valence-corrected chi connectivity index (χ4v) is 2.93. The van der Waals surface area contributed by atoms with Crippen LogP contribution in [-0.4, -0.2) is 12.1 Å². The SMILES string of the molecule is Cc1cc(Br)c(NC(=O)NC2CCCCC2)cc1N. The Labute approximate surface area is 122 Å². The van der Waals surface area contributed by atoms with Gasteiger partial charge in [-0.15, -0.1) is 0 Å². The third-order valence-corrected chi connectivity index (χ3v) is 4.20. The van der Waals surface area contributed by atoms with E-state index < -0.39 is 0 Å². The summed E-state index contributed by atoms with van der Waals surface area (Å²) in [6.45, 7) is 1.94. The Morgan fingerprint density at radius 1 is 1.32 bits per heavy atom. The number of urea groups is 1. The van der Waals surface area contributed by atoms with E-state index in [1.165, 1.54) is 19.3 Å². The van der Waals surface area contributed by atoms with Crippen molar-refractivity contribution >= 4 is 33.3 Å². The van der Waals surface area contributed by atoms with Gasteiger partial charge in [-0.05, 0) is 53.4 Å². The van der Waals surface area contributed by atoms with Crippen LogP contribution in [0.5, 0.6) is 0 Å². The van der Waals surface area contributed by atoms with E-state index in [1.807, 2.05) is 13.0 Å². The van der Waals surface area contributed by atoms with Gasteiger partial charge in [-0.25, -0.2) is 4.79 Å². The number of aryl methyl sites for hydroxylation is 1. The van der Waals surface area contributed by atoms with Gasteiger partial charge in [-0.1, -0.05) is 19.3 Å². The molecule has 0 atom stereocenters. The first-order valence-corrected chi connectivity index (χ1v) is 7.48. The lowest BCUT2D eigenvalue weighted by atomic mass is 9.96. The quantitative estimate of drug-likeness (QED) is 0.724. The van der Waals surface area contributed by atoms with Crippen LogP contribution in [0.25, 0.3) is 0 Å². The zero-order chi connectivity index (χ0) is 13.8. The second-order valence-electron chi connectivity index (χ2n) is 5.12. The molecular weight excluding hydrogens is 306 g/mol. The molecule has 1 aromatic carbocycles. The molecule has 0 radical (unpaired) electrons. The van der Waals surface area contributed by atoms with E-state index >= 15 is 0 Å². The molecule has 0 spiro atoms. The number of nitrogens with two attached hydrogens (primary N) is 1. The van der Waals surface area contributed by atoms with Crippen molar-refractivity contribution in [2.75, 3.05) is 11.1 Å². The summed E-state index contributed by atoms with van der Waals surface area (Å²) >= 11 is 3.44. The summed E-state index contributed by atoms with van der Waals surface area (Å²) in [7, 11) is 0. The number of carbonyl (C=O) groups excluding carboxylic acids is 1. The van der Waals surface area contributed by atoms with Crippen LogP contribution in [0.2, 0.25) is 0 Å². The maximum Gasteiger partial charge on any atom is 0.319 e. The Balaban J connectivity index is 1.96. The highest BCUT2D eigenvalue weighted by atomic mass is 79.9. The van der Waals surface area contributed by atoms with Gasteiger partial charge in [0.25, 0.3) is 0 Å². The fraction of sp³-hybridized carbons (Fsp3) is 0.500. The smallest absolute Gasteiger partial charge is 0.319 e. The zero-order valence-corrected chi connectivity index (χ0v) is 12.7. The van der Waals surface area contributed by atoms with Crippen LogP contribution in [0, 0.1) is 6.92 Å². The van der Waals surface area contributed by atoms with Crippen molar-refractivity contribution in [1.82, 2.24) is 5.32 Å². The summed E-state index contributed by atoms with van der Waals surface area (Å²) in [6, 6.07) is 3.83. The third-order valence-electron chi connectivity index (χ3n) is 3.54. The van der Waals surface area contributed by atoms with Gasteiger partial charge in [-0.2, -0.15) is 0 Å². The molecule has 2 amide bonds. The first-order valence-electron chi connectivity index (χ1n) is 6.69. The van der Waals surface area contributed by atoms with Crippen molar-refractivity contribution in [2.24, 2.45) is 0 Å². The molecule has 4 nitrogen and oxygen atoms in total. The van der Waals surface area contributed by atoms with Gasteiger partial charge < -0.3 is 16.4 Å². The van der Waals surface area contributed by atoms with Crippen molar-refractivity contribution < 1.29 is 4.79 Å². The van der Waals surface area contributed by atoms with Crippen LogP contribution >= 0.6 is 15.9 Å². The molecule has 104 valence electrons. The molecule has 0 aromatic heterocycles. The van der Waals surface area contributed by atoms with Crippen molar-refractivity contribution in [1.29, 1.82) is 0 Å². The van der Waals surface area contributed by atoms with E-state index in [-0.39, 0.29) is 6.03 Å². The summed E-state index contributed by atoms with van der Waals surface area (Å²) < 4.78 is 0.845. The van der Waals surface area contributed by atoms with Crippen LogP contribution < -0.4 is 16.4 Å². The molecular formula is C14H20BrN3O. The van der Waals surface area contributed by atoms with Gasteiger partial charge in [0.15, 0.2) is 0 Å². The number of rotatable bonds is 2. The number of nitrogens with one attached hydrogen (secondary N) is 2. The van der Waals surface area contributed by atoms with Crippen LogP contribution in [0.4, 0.5) is 16.2 Å². The average molecular weight is 326 g/mol. The van der Waals surface area contributed by atoms with Crippen molar-refractivity contribution in [3.63, 3.8) is 0 Å². The zero-order valence-electron chi connectivity index (χ0n) is 11.1. The summed E-state index contributed by atoms with van der Waals surface area (Å²) in [6.07, 6.45) is 5.83. The van der Waals surface area contributed by atoms with Crippen molar-refractivity contribution in [3.8, 4) is 0 Å². The molecule has 0 bridgehead atoms. The van der Waals surface area contributed by atoms with Gasteiger partial charge in [0.05, 0.1) is 5.69 Å². The van der Waals surface area contributed by atoms with Crippen LogP contribution in [0.15, 0.2) is 16.6 Å². The Morgan fingerprint density at radius 2 is 2.00 bits per heavy atom. The minimum absolute atomic E-state index is 0.157. The first-order chi connectivity index (χ1) is 9.06. The molecule has 4 N–H and O–H groups in total. The third kappa shape index (κ3) is 3.86. The molecule has 0 unspecified atom stereocenters. The lowest BCUT2D eigenvalue weighted by Crippen LogP contribution is -2.39. The number of halogens is 1. The number of carbonyl (C=O) groups is 1. The van der Waals surface area contributed by atoms with Crippen molar-refractivity contribution in [2.45, 2.75) is 45.1 Å². The second-order valence-corrected chi connectivity index (χ2v) is 5.98. The van der Waals surface area contributed by atoms with Gasteiger partial charge in [0.2, 0.25) is 0 Å². The number of benzene rings is 1. The molecule has 1 aromatic rings. The Kier molecular flexibility index (Phi) is 4.69. The van der Waals surface area contributed by atoms with E-state index in [4.69, 9.17) is 5.73 Å². The highest BCUT2D eigenvalue weighted by Gasteiger charge is 2.16. The lowest BCUT2D eigenvalue weighted by Gasteiger charge is -2.23. The molecule has 0 heterocycles. The van der Waals surface area contributed by atoms with Crippen LogP contribution in [-0.2, 0) is 0 Å². The molecule has 0 saturated heterocycles. The Bertz CT molecular complexity index is 470. The van der Waals surface area contributed by atoms with Gasteiger partial charge in [-0.3, -0.25) is 0 Å². The maximum absolute atomic E-state index is 11.9. The summed E-state index contributed by atoms with van der Waals surface area (Å²) in [5, 5.41) is 5.87. The number of anilines is 2. The number of hydrogen-bond acceptors (Lipinski definition) is 2. The molecule has 1 fully saturated rings. The standard InChI is InChI=1S/C14H20BrN3O/c1-9-7-11(15)13(8-12(9)16)18-14(19)17-10-5-3-2-4-6-10/h7-8,10H,2-6,16H2,1H3,(H2,17,18,19). The van der Waals surface area contributed by atoms with Crippen LogP contribution in [0.3, 0.4) is 0 Å². The summed E-state index contributed by atoms with van der Waals surface area (Å²) in [5.74, 6) is 0. The molecule has 1 aliphatic carbocycles. The Morgan fingerprint density at radius 3 is 2.68 bits per heavy atom. The van der Waals surface area contributed by atoms with E-state index in [1.54, 1.807) is 6.07 Å². The largest absolute Gasteiger partial charge is 0.398 e. The fourth-order valence-electron chi connectivity index (χ4n) is 2.38. The predicted octanol–water partition coefficient (Wildman–Crippen LogP) is 3.79. The minimum Gasteiger partial charge on any atom is -0.398 e. The monoisotopic (exact) mass is 325 g/mol. The van der Waals surface area contributed by atoms with E-state index in [0.717, 1.165) is 22.9 Å². The summed E-state index contributed by atoms with van der Waals surface area (Å²) in [5.41, 5.74) is 8.23. The maximum atomic E-state index is 11.9. The lowest BCUT2D eigenvalue weighted by molar-refractivity contribution is 0.244. The van der Waals surface area contributed by atoms with E-state index in [9.17, 15) is 4.79 Å². The molecule has 5 heteroatoms. The molecule has 1 aliphatic rings. The van der Waals surface area contributed by atoms with Gasteiger partial charge >= 0.3 is 6.03 Å². The van der Waals surface area contributed by atoms with Crippen molar-refractivity contribution in [3.05, 3.63) is 22.2 Å². The second kappa shape index (κ2) is 6.28. The highest BCUT2D eigenvalue weighted by Crippen LogP contribution is 2.27. The average Bonchev–Trinajstić information content (AvgIpc) is 2.37.